The van der Waals surface area contributed by atoms with Crippen molar-refractivity contribution in [2.45, 2.75) is 40.5 Å². The van der Waals surface area contributed by atoms with E-state index in [4.69, 9.17) is 10.5 Å². The summed E-state index contributed by atoms with van der Waals surface area (Å²) < 4.78 is 5.74. The number of nitrogen functional groups attached to an aromatic ring is 1. The summed E-state index contributed by atoms with van der Waals surface area (Å²) >= 11 is 0. The molecule has 0 fully saturated rings. The van der Waals surface area contributed by atoms with E-state index in [2.05, 4.69) is 26.8 Å². The lowest BCUT2D eigenvalue weighted by molar-refractivity contribution is 0.296. The molecular formula is C14H23NO. The Kier molecular flexibility index (Phi) is 4.66. The van der Waals surface area contributed by atoms with Crippen molar-refractivity contribution in [1.29, 1.82) is 0 Å². The number of aryl methyl sites for hydroxylation is 2. The Balaban J connectivity index is 2.51. The molecule has 0 atom stereocenters. The smallest absolute Gasteiger partial charge is 0.124 e. The normalized spacial score (nSPS) is 10.8. The summed E-state index contributed by atoms with van der Waals surface area (Å²) in [5.41, 5.74) is 8.95. The highest BCUT2D eigenvalue weighted by atomic mass is 16.5. The molecule has 16 heavy (non-hydrogen) atoms. The zero-order valence-corrected chi connectivity index (χ0v) is 10.8. The fourth-order valence-electron chi connectivity index (χ4n) is 1.68. The Morgan fingerprint density at radius 3 is 2.50 bits per heavy atom. The molecule has 0 amide bonds. The Morgan fingerprint density at radius 2 is 1.88 bits per heavy atom. The molecule has 1 aromatic rings. The molecule has 0 aliphatic carbocycles. The zero-order chi connectivity index (χ0) is 12.1. The maximum atomic E-state index is 5.86. The molecule has 1 aromatic carbocycles. The van der Waals surface area contributed by atoms with Crippen LogP contribution in [0.25, 0.3) is 0 Å². The van der Waals surface area contributed by atoms with Crippen LogP contribution >= 0.6 is 0 Å². The average Bonchev–Trinajstić information content (AvgIpc) is 2.19. The number of hydrogen-bond donors (Lipinski definition) is 1. The van der Waals surface area contributed by atoms with Gasteiger partial charge in [0.15, 0.2) is 0 Å². The molecule has 2 N–H and O–H groups in total. The lowest BCUT2D eigenvalue weighted by Crippen LogP contribution is -2.02. The van der Waals surface area contributed by atoms with Gasteiger partial charge in [0.05, 0.1) is 6.61 Å². The fraction of sp³-hybridized carbons (Fsp3) is 0.571. The Morgan fingerprint density at radius 1 is 1.19 bits per heavy atom. The Bertz CT molecular complexity index is 345. The zero-order valence-electron chi connectivity index (χ0n) is 10.8. The van der Waals surface area contributed by atoms with Crippen molar-refractivity contribution >= 4 is 5.69 Å². The van der Waals surface area contributed by atoms with Crippen LogP contribution in [0, 0.1) is 19.8 Å². The summed E-state index contributed by atoms with van der Waals surface area (Å²) in [5.74, 6) is 1.67. The topological polar surface area (TPSA) is 35.2 Å². The van der Waals surface area contributed by atoms with E-state index in [9.17, 15) is 0 Å². The summed E-state index contributed by atoms with van der Waals surface area (Å²) in [4.78, 5) is 0. The molecule has 0 radical (unpaired) electrons. The maximum absolute atomic E-state index is 5.86. The van der Waals surface area contributed by atoms with E-state index in [1.807, 2.05) is 13.0 Å². The molecule has 0 bridgehead atoms. The largest absolute Gasteiger partial charge is 0.493 e. The van der Waals surface area contributed by atoms with Crippen molar-refractivity contribution in [1.82, 2.24) is 0 Å². The van der Waals surface area contributed by atoms with E-state index in [0.29, 0.717) is 0 Å². The average molecular weight is 221 g/mol. The third-order valence-electron chi connectivity index (χ3n) is 2.75. The minimum atomic E-state index is 0.743. The molecule has 0 aliphatic heterocycles. The maximum Gasteiger partial charge on any atom is 0.124 e. The van der Waals surface area contributed by atoms with Crippen LogP contribution in [-0.2, 0) is 0 Å². The monoisotopic (exact) mass is 221 g/mol. The van der Waals surface area contributed by atoms with Crippen molar-refractivity contribution < 1.29 is 4.74 Å². The molecule has 0 unspecified atom stereocenters. The third kappa shape index (κ3) is 3.76. The lowest BCUT2D eigenvalue weighted by atomic mass is 10.1. The molecule has 0 saturated carbocycles. The van der Waals surface area contributed by atoms with Crippen LogP contribution < -0.4 is 10.5 Å². The van der Waals surface area contributed by atoms with Crippen molar-refractivity contribution in [3.63, 3.8) is 0 Å². The van der Waals surface area contributed by atoms with E-state index in [1.165, 1.54) is 6.42 Å². The summed E-state index contributed by atoms with van der Waals surface area (Å²) in [6, 6.07) is 4.01. The van der Waals surface area contributed by atoms with Gasteiger partial charge in [-0.1, -0.05) is 19.9 Å². The van der Waals surface area contributed by atoms with E-state index < -0.39 is 0 Å². The molecule has 0 aliphatic rings. The van der Waals surface area contributed by atoms with Gasteiger partial charge in [-0.15, -0.1) is 0 Å². The molecule has 2 heteroatoms. The van der Waals surface area contributed by atoms with Crippen LogP contribution in [0.2, 0.25) is 0 Å². The van der Waals surface area contributed by atoms with Crippen LogP contribution in [0.1, 0.15) is 37.8 Å². The van der Waals surface area contributed by atoms with E-state index in [0.717, 1.165) is 41.5 Å². The van der Waals surface area contributed by atoms with Gasteiger partial charge >= 0.3 is 0 Å². The fourth-order valence-corrected chi connectivity index (χ4v) is 1.68. The molecule has 2 nitrogen and oxygen atoms in total. The lowest BCUT2D eigenvalue weighted by Gasteiger charge is -2.12. The number of rotatable bonds is 5. The predicted molar refractivity (Wildman–Crippen MR) is 69.9 cm³/mol. The minimum absolute atomic E-state index is 0.743. The summed E-state index contributed by atoms with van der Waals surface area (Å²) in [6.07, 6.45) is 2.31. The highest BCUT2D eigenvalue weighted by molar-refractivity contribution is 5.54. The Labute approximate surface area is 98.8 Å². The minimum Gasteiger partial charge on any atom is -0.493 e. The molecule has 90 valence electrons. The molecule has 1 rings (SSSR count). The van der Waals surface area contributed by atoms with Crippen LogP contribution in [0.15, 0.2) is 12.1 Å². The SMILES string of the molecule is Cc1cc(C)c(OCCCC(C)C)cc1N. The van der Waals surface area contributed by atoms with Crippen LogP contribution in [-0.4, -0.2) is 6.61 Å². The second kappa shape index (κ2) is 5.78. The first-order valence-corrected chi connectivity index (χ1v) is 6.00. The first kappa shape index (κ1) is 12.9. The quantitative estimate of drug-likeness (QED) is 0.608. The van der Waals surface area contributed by atoms with E-state index >= 15 is 0 Å². The van der Waals surface area contributed by atoms with Crippen molar-refractivity contribution in [3.8, 4) is 5.75 Å². The van der Waals surface area contributed by atoms with Crippen LogP contribution in [0.3, 0.4) is 0 Å². The number of nitrogens with two attached hydrogens (primary N) is 1. The van der Waals surface area contributed by atoms with Gasteiger partial charge in [-0.05, 0) is 43.7 Å². The van der Waals surface area contributed by atoms with E-state index in [-0.39, 0.29) is 0 Å². The predicted octanol–water partition coefficient (Wildman–Crippen LogP) is 3.70. The van der Waals surface area contributed by atoms with Gasteiger partial charge in [-0.2, -0.15) is 0 Å². The van der Waals surface area contributed by atoms with Gasteiger partial charge in [0, 0.05) is 11.8 Å². The number of benzene rings is 1. The second-order valence-electron chi connectivity index (χ2n) is 4.86. The first-order chi connectivity index (χ1) is 7.50. The van der Waals surface area contributed by atoms with Gasteiger partial charge in [0.1, 0.15) is 5.75 Å². The van der Waals surface area contributed by atoms with Gasteiger partial charge in [-0.3, -0.25) is 0 Å². The molecule has 0 aromatic heterocycles. The molecular weight excluding hydrogens is 198 g/mol. The van der Waals surface area contributed by atoms with Gasteiger partial charge in [-0.25, -0.2) is 0 Å². The van der Waals surface area contributed by atoms with Gasteiger partial charge < -0.3 is 10.5 Å². The van der Waals surface area contributed by atoms with Gasteiger partial charge in [0.25, 0.3) is 0 Å². The summed E-state index contributed by atoms with van der Waals surface area (Å²) in [7, 11) is 0. The highest BCUT2D eigenvalue weighted by Crippen LogP contribution is 2.24. The van der Waals surface area contributed by atoms with Gasteiger partial charge in [0.2, 0.25) is 0 Å². The van der Waals surface area contributed by atoms with Crippen molar-refractivity contribution in [2.24, 2.45) is 5.92 Å². The van der Waals surface area contributed by atoms with Crippen LogP contribution in [0.5, 0.6) is 5.75 Å². The molecule has 0 spiro atoms. The van der Waals surface area contributed by atoms with Crippen LogP contribution in [0.4, 0.5) is 5.69 Å². The van der Waals surface area contributed by atoms with Crippen molar-refractivity contribution in [2.75, 3.05) is 12.3 Å². The second-order valence-corrected chi connectivity index (χ2v) is 4.86. The summed E-state index contributed by atoms with van der Waals surface area (Å²) in [6.45, 7) is 9.32. The highest BCUT2D eigenvalue weighted by Gasteiger charge is 2.03. The molecule has 0 heterocycles. The number of ether oxygens (including phenoxy) is 1. The summed E-state index contributed by atoms with van der Waals surface area (Å²) in [5, 5.41) is 0. The van der Waals surface area contributed by atoms with Crippen molar-refractivity contribution in [3.05, 3.63) is 23.3 Å². The van der Waals surface area contributed by atoms with E-state index in [1.54, 1.807) is 0 Å². The Hall–Kier alpha value is -1.18. The number of anilines is 1. The first-order valence-electron chi connectivity index (χ1n) is 6.00. The number of hydrogen-bond acceptors (Lipinski definition) is 2. The molecule has 0 saturated heterocycles. The standard InChI is InChI=1S/C14H23NO/c1-10(2)6-5-7-16-14-9-13(15)11(3)8-12(14)4/h8-10H,5-7,15H2,1-4H3. The third-order valence-corrected chi connectivity index (χ3v) is 2.75.